The first-order valence-electron chi connectivity index (χ1n) is 11.2. The van der Waals surface area contributed by atoms with Crippen molar-refractivity contribution in [3.8, 4) is 29.0 Å². The Labute approximate surface area is 205 Å². The van der Waals surface area contributed by atoms with E-state index in [1.807, 2.05) is 6.07 Å². The first-order valence-corrected chi connectivity index (χ1v) is 12.7. The molecule has 186 valence electrons. The molecule has 0 saturated heterocycles. The summed E-state index contributed by atoms with van der Waals surface area (Å²) in [5, 5.41) is 9.19. The number of nitrogens with one attached hydrogen (secondary N) is 1. The number of ether oxygens (including phenoxy) is 1. The molecule has 0 atom stereocenters. The van der Waals surface area contributed by atoms with Crippen molar-refractivity contribution in [2.75, 3.05) is 0 Å². The number of hydrogen-bond acceptors (Lipinski definition) is 7. The lowest BCUT2D eigenvalue weighted by Crippen LogP contribution is -2.26. The van der Waals surface area contributed by atoms with E-state index in [1.54, 1.807) is 0 Å². The van der Waals surface area contributed by atoms with Gasteiger partial charge in [0.1, 0.15) is 16.7 Å². The Morgan fingerprint density at radius 2 is 1.86 bits per heavy atom. The molecule has 5 rings (SSSR count). The fourth-order valence-corrected chi connectivity index (χ4v) is 5.05. The number of hydrogen-bond donors (Lipinski definition) is 1. The molecule has 3 heterocycles. The molecule has 8 nitrogen and oxygen atoms in total. The molecule has 0 bridgehead atoms. The zero-order valence-electron chi connectivity index (χ0n) is 19.0. The standard InChI is InChI=1S/C24H20F3N5O3S/c1-13-8-20(24(25,26)27)31-21(15-2-3-15)22(13)35-23-19(36(33,34)32-17-4-5-17)7-6-18(30-23)16-9-14(10-28)11-29-12-16/h6-9,11-12,15,17,32H,2-5H2,1H3. The van der Waals surface area contributed by atoms with Gasteiger partial charge in [0.2, 0.25) is 15.9 Å². The molecule has 1 N–H and O–H groups in total. The molecule has 2 aliphatic rings. The van der Waals surface area contributed by atoms with Gasteiger partial charge in [0.25, 0.3) is 0 Å². The van der Waals surface area contributed by atoms with Crippen LogP contribution in [0.5, 0.6) is 11.6 Å². The van der Waals surface area contributed by atoms with Crippen LogP contribution < -0.4 is 9.46 Å². The van der Waals surface area contributed by atoms with Crippen LogP contribution in [0.1, 0.15) is 54.1 Å². The van der Waals surface area contributed by atoms with Crippen LogP contribution >= 0.6 is 0 Å². The minimum atomic E-state index is -4.63. The van der Waals surface area contributed by atoms with Crippen molar-refractivity contribution in [2.24, 2.45) is 0 Å². The quantitative estimate of drug-likeness (QED) is 0.478. The Hall–Kier alpha value is -3.56. The lowest BCUT2D eigenvalue weighted by atomic mass is 10.1. The maximum absolute atomic E-state index is 13.4. The van der Waals surface area contributed by atoms with E-state index < -0.39 is 21.9 Å². The molecule has 0 unspecified atom stereocenters. The minimum absolute atomic E-state index is 0.0573. The van der Waals surface area contributed by atoms with Crippen LogP contribution in [-0.4, -0.2) is 29.4 Å². The van der Waals surface area contributed by atoms with Gasteiger partial charge < -0.3 is 4.74 Å². The predicted molar refractivity (Wildman–Crippen MR) is 122 cm³/mol. The normalized spacial score (nSPS) is 16.0. The number of aromatic nitrogens is 3. The number of halogens is 3. The second kappa shape index (κ2) is 8.83. The summed E-state index contributed by atoms with van der Waals surface area (Å²) in [7, 11) is -4.03. The van der Waals surface area contributed by atoms with Gasteiger partial charge in [-0.25, -0.2) is 23.1 Å². The Kier molecular flexibility index (Phi) is 5.92. The number of sulfonamides is 1. The SMILES string of the molecule is Cc1cc(C(F)(F)F)nc(C2CC2)c1Oc1nc(-c2cncc(C#N)c2)ccc1S(=O)(=O)NC1CC1. The van der Waals surface area contributed by atoms with Gasteiger partial charge in [-0.3, -0.25) is 4.98 Å². The lowest BCUT2D eigenvalue weighted by Gasteiger charge is -2.18. The van der Waals surface area contributed by atoms with Gasteiger partial charge in [-0.05, 0) is 62.4 Å². The summed E-state index contributed by atoms with van der Waals surface area (Å²) in [5.74, 6) is -0.457. The Balaban J connectivity index is 1.63. The van der Waals surface area contributed by atoms with Gasteiger partial charge in [-0.2, -0.15) is 18.4 Å². The van der Waals surface area contributed by atoms with Crippen molar-refractivity contribution in [3.05, 3.63) is 59.2 Å². The average Bonchev–Trinajstić information content (AvgIpc) is 3.75. The summed E-state index contributed by atoms with van der Waals surface area (Å²) in [5.41, 5.74) is 0.272. The number of nitrogens with zero attached hydrogens (tertiary/aromatic N) is 4. The average molecular weight is 516 g/mol. The van der Waals surface area contributed by atoms with Crippen LogP contribution in [0.15, 0.2) is 41.6 Å². The van der Waals surface area contributed by atoms with Gasteiger partial charge in [-0.15, -0.1) is 0 Å². The van der Waals surface area contributed by atoms with Gasteiger partial charge in [0.05, 0.1) is 17.0 Å². The second-order valence-electron chi connectivity index (χ2n) is 8.88. The minimum Gasteiger partial charge on any atom is -0.435 e. The first kappa shape index (κ1) is 24.1. The second-order valence-corrected chi connectivity index (χ2v) is 10.6. The smallest absolute Gasteiger partial charge is 0.433 e. The molecule has 0 aromatic carbocycles. The van der Waals surface area contributed by atoms with Gasteiger partial charge >= 0.3 is 6.18 Å². The molecule has 36 heavy (non-hydrogen) atoms. The fraction of sp³-hybridized carbons (Fsp3) is 0.333. The molecular formula is C24H20F3N5O3S. The third kappa shape index (κ3) is 5.03. The summed E-state index contributed by atoms with van der Waals surface area (Å²) in [4.78, 5) is 12.0. The number of aryl methyl sites for hydroxylation is 1. The van der Waals surface area contributed by atoms with Crippen LogP contribution in [0.3, 0.4) is 0 Å². The van der Waals surface area contributed by atoms with Crippen LogP contribution in [-0.2, 0) is 16.2 Å². The molecule has 0 amide bonds. The number of rotatable bonds is 7. The number of alkyl halides is 3. The molecule has 0 spiro atoms. The highest BCUT2D eigenvalue weighted by atomic mass is 32.2. The van der Waals surface area contributed by atoms with Gasteiger partial charge in [-0.1, -0.05) is 0 Å². The van der Waals surface area contributed by atoms with Crippen molar-refractivity contribution in [1.29, 1.82) is 5.26 Å². The highest BCUT2D eigenvalue weighted by Gasteiger charge is 2.38. The van der Waals surface area contributed by atoms with E-state index in [2.05, 4.69) is 19.7 Å². The van der Waals surface area contributed by atoms with E-state index in [4.69, 9.17) is 4.74 Å². The maximum Gasteiger partial charge on any atom is 0.433 e. The summed E-state index contributed by atoms with van der Waals surface area (Å²) < 4.78 is 75.0. The summed E-state index contributed by atoms with van der Waals surface area (Å²) in [6.07, 6.45) is 0.926. The topological polar surface area (TPSA) is 118 Å². The van der Waals surface area contributed by atoms with Crippen LogP contribution in [0, 0.1) is 18.3 Å². The summed E-state index contributed by atoms with van der Waals surface area (Å²) >= 11 is 0. The van der Waals surface area contributed by atoms with E-state index in [0.717, 1.165) is 6.07 Å². The van der Waals surface area contributed by atoms with E-state index >= 15 is 0 Å². The highest BCUT2D eigenvalue weighted by molar-refractivity contribution is 7.89. The van der Waals surface area contributed by atoms with Gasteiger partial charge in [0, 0.05) is 29.9 Å². The monoisotopic (exact) mass is 515 g/mol. The third-order valence-corrected chi connectivity index (χ3v) is 7.35. The van der Waals surface area contributed by atoms with Crippen molar-refractivity contribution in [2.45, 2.75) is 55.6 Å². The highest BCUT2D eigenvalue weighted by Crippen LogP contribution is 2.47. The van der Waals surface area contributed by atoms with Crippen molar-refractivity contribution in [3.63, 3.8) is 0 Å². The van der Waals surface area contributed by atoms with Crippen LogP contribution in [0.2, 0.25) is 0 Å². The molecule has 3 aromatic rings. The van der Waals surface area contributed by atoms with Gasteiger partial charge in [0.15, 0.2) is 5.75 Å². The van der Waals surface area contributed by atoms with Crippen LogP contribution in [0.25, 0.3) is 11.3 Å². The molecule has 12 heteroatoms. The largest absolute Gasteiger partial charge is 0.435 e. The van der Waals surface area contributed by atoms with Crippen LogP contribution in [0.4, 0.5) is 13.2 Å². The molecule has 0 radical (unpaired) electrons. The zero-order chi connectivity index (χ0) is 25.7. The van der Waals surface area contributed by atoms with E-state index in [-0.39, 0.29) is 51.0 Å². The molecule has 2 saturated carbocycles. The van der Waals surface area contributed by atoms with E-state index in [9.17, 15) is 26.9 Å². The molecule has 0 aliphatic heterocycles. The third-order valence-electron chi connectivity index (χ3n) is 5.82. The zero-order valence-corrected chi connectivity index (χ0v) is 19.8. The maximum atomic E-state index is 13.4. The fourth-order valence-electron chi connectivity index (χ4n) is 3.68. The Morgan fingerprint density at radius 3 is 2.50 bits per heavy atom. The van der Waals surface area contributed by atoms with E-state index in [1.165, 1.54) is 37.5 Å². The summed E-state index contributed by atoms with van der Waals surface area (Å²) in [6, 6.07) is 7.00. The first-order chi connectivity index (χ1) is 17.0. The molecular weight excluding hydrogens is 495 g/mol. The number of nitriles is 1. The summed E-state index contributed by atoms with van der Waals surface area (Å²) in [6.45, 7) is 1.46. The van der Waals surface area contributed by atoms with E-state index in [0.29, 0.717) is 31.2 Å². The molecule has 2 fully saturated rings. The Morgan fingerprint density at radius 1 is 1.11 bits per heavy atom. The predicted octanol–water partition coefficient (Wildman–Crippen LogP) is 4.85. The Bertz CT molecular complexity index is 1490. The van der Waals surface area contributed by atoms with Crippen molar-refractivity contribution in [1.82, 2.24) is 19.7 Å². The molecule has 3 aromatic heterocycles. The van der Waals surface area contributed by atoms with Crippen molar-refractivity contribution < 1.29 is 26.3 Å². The molecule has 2 aliphatic carbocycles. The lowest BCUT2D eigenvalue weighted by molar-refractivity contribution is -0.141. The van der Waals surface area contributed by atoms with Crippen molar-refractivity contribution >= 4 is 10.0 Å². The number of pyridine rings is 3.